The van der Waals surface area contributed by atoms with Crippen LogP contribution in [0.1, 0.15) is 75.7 Å². The summed E-state index contributed by atoms with van der Waals surface area (Å²) in [7, 11) is 0. The van der Waals surface area contributed by atoms with Crippen molar-refractivity contribution < 1.29 is 14.3 Å². The highest BCUT2D eigenvalue weighted by molar-refractivity contribution is 5.92. The predicted octanol–water partition coefficient (Wildman–Crippen LogP) is 4.18. The van der Waals surface area contributed by atoms with Crippen molar-refractivity contribution in [2.24, 2.45) is 0 Å². The minimum absolute atomic E-state index is 0.0553. The normalized spacial score (nSPS) is 18.3. The van der Waals surface area contributed by atoms with E-state index in [0.29, 0.717) is 13.1 Å². The molecule has 1 aromatic heterocycles. The number of carbonyl (C=O) groups is 2. The second kappa shape index (κ2) is 13.2. The Bertz CT molecular complexity index is 1040. The van der Waals surface area contributed by atoms with Crippen LogP contribution >= 0.6 is 0 Å². The molecule has 4 rings (SSSR count). The summed E-state index contributed by atoms with van der Waals surface area (Å²) in [6, 6.07) is 6.46. The van der Waals surface area contributed by atoms with Crippen LogP contribution in [-0.4, -0.2) is 70.6 Å². The first kappa shape index (κ1) is 27.3. The van der Waals surface area contributed by atoms with Crippen molar-refractivity contribution in [3.63, 3.8) is 0 Å². The van der Waals surface area contributed by atoms with Gasteiger partial charge in [0.1, 0.15) is 12.4 Å². The van der Waals surface area contributed by atoms with Gasteiger partial charge in [-0.3, -0.25) is 14.5 Å². The summed E-state index contributed by atoms with van der Waals surface area (Å²) >= 11 is 0. The standard InChI is InChI=1S/C29H43N5O3/c1-23(2)29-30-11-14-33(29)22-28(36)32-12-7-5-4-6-8-13-34(24(3)35)27-19-25(9-10-26(27)21-32)20-31-15-17-37-18-16-31/h9-11,14,19,23H,4-8,12-13,15-18,20-22H2,1-3H3. The van der Waals surface area contributed by atoms with Crippen molar-refractivity contribution in [1.82, 2.24) is 19.4 Å². The number of amides is 2. The van der Waals surface area contributed by atoms with Crippen LogP contribution < -0.4 is 4.90 Å². The highest BCUT2D eigenvalue weighted by Crippen LogP contribution is 2.27. The molecular formula is C29H43N5O3. The number of ether oxygens (including phenoxy) is 1. The monoisotopic (exact) mass is 509 g/mol. The summed E-state index contributed by atoms with van der Waals surface area (Å²) in [5.74, 6) is 1.33. The number of hydrogen-bond acceptors (Lipinski definition) is 5. The number of rotatable bonds is 5. The molecule has 8 heteroatoms. The summed E-state index contributed by atoms with van der Waals surface area (Å²) in [4.78, 5) is 37.2. The molecule has 0 spiro atoms. The summed E-state index contributed by atoms with van der Waals surface area (Å²) in [6.45, 7) is 12.3. The van der Waals surface area contributed by atoms with E-state index >= 15 is 0 Å². The van der Waals surface area contributed by atoms with Gasteiger partial charge in [-0.05, 0) is 30.0 Å². The van der Waals surface area contributed by atoms with Crippen LogP contribution in [0, 0.1) is 0 Å². The molecule has 0 aliphatic carbocycles. The van der Waals surface area contributed by atoms with E-state index in [1.54, 1.807) is 13.1 Å². The molecule has 1 saturated heterocycles. The second-order valence-electron chi connectivity index (χ2n) is 10.7. The molecule has 202 valence electrons. The van der Waals surface area contributed by atoms with Gasteiger partial charge < -0.3 is 19.1 Å². The molecule has 0 bridgehead atoms. The first-order chi connectivity index (χ1) is 17.9. The van der Waals surface area contributed by atoms with Crippen LogP contribution in [0.15, 0.2) is 30.6 Å². The third kappa shape index (κ3) is 7.42. The number of benzene rings is 1. The molecule has 2 aromatic rings. The quantitative estimate of drug-likeness (QED) is 0.605. The van der Waals surface area contributed by atoms with Crippen LogP contribution in [0.5, 0.6) is 0 Å². The average molecular weight is 510 g/mol. The first-order valence-corrected chi connectivity index (χ1v) is 13.9. The molecule has 3 heterocycles. The Kier molecular flexibility index (Phi) is 9.75. The van der Waals surface area contributed by atoms with Gasteiger partial charge in [-0.25, -0.2) is 4.98 Å². The third-order valence-electron chi connectivity index (χ3n) is 7.42. The molecule has 0 unspecified atom stereocenters. The minimum Gasteiger partial charge on any atom is -0.379 e. The Balaban J connectivity index is 1.62. The SMILES string of the molecule is CC(=O)N1CCCCCCCN(C(=O)Cn2ccnc2C(C)C)Cc2ccc(CN3CCOCC3)cc21. The van der Waals surface area contributed by atoms with Gasteiger partial charge in [0, 0.05) is 70.2 Å². The van der Waals surface area contributed by atoms with Gasteiger partial charge in [-0.2, -0.15) is 0 Å². The number of carbonyl (C=O) groups excluding carboxylic acids is 2. The van der Waals surface area contributed by atoms with Gasteiger partial charge in [0.25, 0.3) is 0 Å². The number of aromatic nitrogens is 2. The van der Waals surface area contributed by atoms with Gasteiger partial charge in [-0.15, -0.1) is 0 Å². The van der Waals surface area contributed by atoms with Crippen molar-refractivity contribution in [2.45, 2.75) is 78.4 Å². The largest absolute Gasteiger partial charge is 0.379 e. The van der Waals surface area contributed by atoms with Crippen molar-refractivity contribution in [1.29, 1.82) is 0 Å². The van der Waals surface area contributed by atoms with E-state index in [9.17, 15) is 9.59 Å². The lowest BCUT2D eigenvalue weighted by atomic mass is 10.0. The van der Waals surface area contributed by atoms with E-state index in [1.165, 1.54) is 5.56 Å². The lowest BCUT2D eigenvalue weighted by molar-refractivity contribution is -0.132. The molecule has 0 saturated carbocycles. The fraction of sp³-hybridized carbons (Fsp3) is 0.621. The van der Waals surface area contributed by atoms with Crippen LogP contribution in [0.4, 0.5) is 5.69 Å². The van der Waals surface area contributed by atoms with E-state index in [1.807, 2.05) is 20.6 Å². The Labute approximate surface area is 221 Å². The molecule has 0 atom stereocenters. The summed E-state index contributed by atoms with van der Waals surface area (Å²) in [5.41, 5.74) is 3.17. The van der Waals surface area contributed by atoms with Crippen molar-refractivity contribution in [2.75, 3.05) is 44.3 Å². The summed E-state index contributed by atoms with van der Waals surface area (Å²) in [6.07, 6.45) is 8.96. The zero-order chi connectivity index (χ0) is 26.2. The molecule has 0 N–H and O–H groups in total. The van der Waals surface area contributed by atoms with E-state index in [-0.39, 0.29) is 24.3 Å². The molecule has 2 aliphatic rings. The molecule has 1 aromatic carbocycles. The maximum absolute atomic E-state index is 13.6. The zero-order valence-corrected chi connectivity index (χ0v) is 22.8. The fourth-order valence-electron chi connectivity index (χ4n) is 5.36. The van der Waals surface area contributed by atoms with E-state index in [2.05, 4.69) is 41.9 Å². The number of fused-ring (bicyclic) bond motifs is 1. The Hall–Kier alpha value is -2.71. The van der Waals surface area contributed by atoms with Gasteiger partial charge >= 0.3 is 0 Å². The zero-order valence-electron chi connectivity index (χ0n) is 22.8. The van der Waals surface area contributed by atoms with E-state index in [0.717, 1.165) is 88.6 Å². The number of imidazole rings is 1. The molecule has 2 aliphatic heterocycles. The van der Waals surface area contributed by atoms with Crippen molar-refractivity contribution >= 4 is 17.5 Å². The van der Waals surface area contributed by atoms with Crippen LogP contribution in [0.3, 0.4) is 0 Å². The summed E-state index contributed by atoms with van der Waals surface area (Å²) in [5, 5.41) is 0. The van der Waals surface area contributed by atoms with Gasteiger partial charge in [0.05, 0.1) is 13.2 Å². The van der Waals surface area contributed by atoms with E-state index < -0.39 is 0 Å². The smallest absolute Gasteiger partial charge is 0.242 e. The highest BCUT2D eigenvalue weighted by Gasteiger charge is 2.23. The van der Waals surface area contributed by atoms with Crippen LogP contribution in [0.25, 0.3) is 0 Å². The fourth-order valence-corrected chi connectivity index (χ4v) is 5.36. The Morgan fingerprint density at radius 3 is 2.46 bits per heavy atom. The summed E-state index contributed by atoms with van der Waals surface area (Å²) < 4.78 is 7.48. The number of anilines is 1. The predicted molar refractivity (Wildman–Crippen MR) is 145 cm³/mol. The lowest BCUT2D eigenvalue weighted by Gasteiger charge is -2.31. The number of nitrogens with zero attached hydrogens (tertiary/aromatic N) is 5. The maximum atomic E-state index is 13.6. The lowest BCUT2D eigenvalue weighted by Crippen LogP contribution is -2.37. The van der Waals surface area contributed by atoms with Crippen LogP contribution in [-0.2, 0) is 34.0 Å². The molecule has 8 nitrogen and oxygen atoms in total. The average Bonchev–Trinajstić information content (AvgIpc) is 3.33. The van der Waals surface area contributed by atoms with Crippen molar-refractivity contribution in [3.05, 3.63) is 47.5 Å². The number of hydrogen-bond donors (Lipinski definition) is 0. The highest BCUT2D eigenvalue weighted by atomic mass is 16.5. The molecule has 0 radical (unpaired) electrons. The molecule has 2 amide bonds. The van der Waals surface area contributed by atoms with Crippen molar-refractivity contribution in [3.8, 4) is 0 Å². The first-order valence-electron chi connectivity index (χ1n) is 13.9. The van der Waals surface area contributed by atoms with Gasteiger partial charge in [-0.1, -0.05) is 45.2 Å². The number of morpholine rings is 1. The molecule has 1 fully saturated rings. The topological polar surface area (TPSA) is 70.9 Å². The Morgan fingerprint density at radius 1 is 1.00 bits per heavy atom. The second-order valence-corrected chi connectivity index (χ2v) is 10.7. The molecule has 37 heavy (non-hydrogen) atoms. The molecular weight excluding hydrogens is 466 g/mol. The van der Waals surface area contributed by atoms with Gasteiger partial charge in [0.2, 0.25) is 11.8 Å². The van der Waals surface area contributed by atoms with Crippen LogP contribution in [0.2, 0.25) is 0 Å². The Morgan fingerprint density at radius 2 is 1.73 bits per heavy atom. The maximum Gasteiger partial charge on any atom is 0.242 e. The third-order valence-corrected chi connectivity index (χ3v) is 7.42. The van der Waals surface area contributed by atoms with E-state index in [4.69, 9.17) is 4.74 Å². The minimum atomic E-state index is 0.0553. The van der Waals surface area contributed by atoms with Gasteiger partial charge in [0.15, 0.2) is 0 Å².